The Balaban J connectivity index is 1.75. The number of hydrogen-bond acceptors (Lipinski definition) is 5. The van der Waals surface area contributed by atoms with Crippen LogP contribution >= 0.6 is 11.5 Å². The molecule has 0 bridgehead atoms. The summed E-state index contributed by atoms with van der Waals surface area (Å²) in [6.45, 7) is 8.56. The molecule has 1 amide bonds. The van der Waals surface area contributed by atoms with Crippen LogP contribution in [0.5, 0.6) is 0 Å². The van der Waals surface area contributed by atoms with Gasteiger partial charge in [-0.2, -0.15) is 4.37 Å². The molecular formula is C13H22N4OS. The van der Waals surface area contributed by atoms with E-state index in [1.165, 1.54) is 11.5 Å². The summed E-state index contributed by atoms with van der Waals surface area (Å²) >= 11 is 1.22. The van der Waals surface area contributed by atoms with Crippen molar-refractivity contribution in [3.8, 4) is 0 Å². The Morgan fingerprint density at radius 1 is 1.68 bits per heavy atom. The third-order valence-electron chi connectivity index (χ3n) is 3.39. The third kappa shape index (κ3) is 3.91. The van der Waals surface area contributed by atoms with Gasteiger partial charge in [0.25, 0.3) is 5.91 Å². The van der Waals surface area contributed by atoms with Crippen molar-refractivity contribution in [3.63, 3.8) is 0 Å². The van der Waals surface area contributed by atoms with Crippen LogP contribution < -0.4 is 11.1 Å². The van der Waals surface area contributed by atoms with Gasteiger partial charge in [-0.05, 0) is 36.3 Å². The Hall–Kier alpha value is -1.14. The van der Waals surface area contributed by atoms with Gasteiger partial charge in [-0.3, -0.25) is 4.79 Å². The standard InChI is InChI=1S/C13H22N4OS/c1-9(2)6-17-4-3-10(7-17)5-15-13(18)11-8-19-16-12(11)14/h8-10H,3-7H2,1-2H3,(H2,14,16)(H,15,18)/t10-/m0/s1. The second kappa shape index (κ2) is 6.34. The molecule has 1 aromatic heterocycles. The molecule has 2 rings (SSSR count). The van der Waals surface area contributed by atoms with Gasteiger partial charge in [-0.15, -0.1) is 0 Å². The zero-order chi connectivity index (χ0) is 13.8. The van der Waals surface area contributed by atoms with Gasteiger partial charge in [-0.25, -0.2) is 0 Å². The van der Waals surface area contributed by atoms with E-state index in [1.54, 1.807) is 5.38 Å². The number of anilines is 1. The van der Waals surface area contributed by atoms with Crippen LogP contribution in [0.1, 0.15) is 30.6 Å². The number of nitrogens with zero attached hydrogens (tertiary/aromatic N) is 2. The summed E-state index contributed by atoms with van der Waals surface area (Å²) in [4.78, 5) is 14.4. The van der Waals surface area contributed by atoms with E-state index < -0.39 is 0 Å². The molecule has 2 heterocycles. The first-order valence-electron chi connectivity index (χ1n) is 6.76. The summed E-state index contributed by atoms with van der Waals surface area (Å²) in [6.07, 6.45) is 1.16. The molecule has 0 spiro atoms. The first-order valence-corrected chi connectivity index (χ1v) is 7.60. The lowest BCUT2D eigenvalue weighted by atomic mass is 10.1. The zero-order valence-corrected chi connectivity index (χ0v) is 12.4. The van der Waals surface area contributed by atoms with E-state index in [1.807, 2.05) is 0 Å². The number of rotatable bonds is 5. The van der Waals surface area contributed by atoms with Crippen molar-refractivity contribution < 1.29 is 4.79 Å². The highest BCUT2D eigenvalue weighted by atomic mass is 32.1. The number of nitrogens with two attached hydrogens (primary N) is 1. The van der Waals surface area contributed by atoms with Crippen molar-refractivity contribution in [1.29, 1.82) is 0 Å². The highest BCUT2D eigenvalue weighted by Crippen LogP contribution is 2.17. The van der Waals surface area contributed by atoms with E-state index in [4.69, 9.17) is 5.73 Å². The summed E-state index contributed by atoms with van der Waals surface area (Å²) < 4.78 is 3.91. The number of aromatic nitrogens is 1. The Labute approximate surface area is 118 Å². The minimum atomic E-state index is -0.103. The topological polar surface area (TPSA) is 71.2 Å². The van der Waals surface area contributed by atoms with Crippen molar-refractivity contribution >= 4 is 23.3 Å². The second-order valence-corrected chi connectivity index (χ2v) is 6.26. The molecule has 0 aliphatic carbocycles. The SMILES string of the molecule is CC(C)CN1CC[C@@H](CNC(=O)c2csnc2N)C1. The number of carbonyl (C=O) groups excluding carboxylic acids is 1. The molecule has 0 unspecified atom stereocenters. The molecule has 1 atom stereocenters. The third-order valence-corrected chi connectivity index (χ3v) is 4.03. The smallest absolute Gasteiger partial charge is 0.255 e. The van der Waals surface area contributed by atoms with Crippen LogP contribution in [0.2, 0.25) is 0 Å². The lowest BCUT2D eigenvalue weighted by Crippen LogP contribution is -2.32. The molecule has 0 radical (unpaired) electrons. The first-order chi connectivity index (χ1) is 9.06. The lowest BCUT2D eigenvalue weighted by molar-refractivity contribution is 0.0948. The van der Waals surface area contributed by atoms with Crippen LogP contribution in [0.15, 0.2) is 5.38 Å². The van der Waals surface area contributed by atoms with Crippen LogP contribution in [0, 0.1) is 11.8 Å². The van der Waals surface area contributed by atoms with E-state index in [0.29, 0.717) is 23.2 Å². The molecular weight excluding hydrogens is 260 g/mol. The number of nitrogen functional groups attached to an aromatic ring is 1. The fourth-order valence-corrected chi connectivity index (χ4v) is 3.11. The van der Waals surface area contributed by atoms with Crippen LogP contribution in [0.3, 0.4) is 0 Å². The van der Waals surface area contributed by atoms with Gasteiger partial charge in [0, 0.05) is 25.0 Å². The molecule has 1 fully saturated rings. The number of likely N-dealkylation sites (tertiary alicyclic amines) is 1. The van der Waals surface area contributed by atoms with E-state index in [0.717, 1.165) is 32.6 Å². The second-order valence-electron chi connectivity index (χ2n) is 5.63. The van der Waals surface area contributed by atoms with Crippen LogP contribution in [-0.4, -0.2) is 41.4 Å². The minimum absolute atomic E-state index is 0.103. The Morgan fingerprint density at radius 3 is 3.11 bits per heavy atom. The van der Waals surface area contributed by atoms with Crippen molar-refractivity contribution in [3.05, 3.63) is 10.9 Å². The van der Waals surface area contributed by atoms with Gasteiger partial charge in [0.2, 0.25) is 0 Å². The van der Waals surface area contributed by atoms with E-state index in [9.17, 15) is 4.79 Å². The Morgan fingerprint density at radius 2 is 2.47 bits per heavy atom. The number of carbonyl (C=O) groups is 1. The van der Waals surface area contributed by atoms with Crippen molar-refractivity contribution in [2.75, 3.05) is 31.9 Å². The van der Waals surface area contributed by atoms with E-state index in [-0.39, 0.29) is 5.91 Å². The molecule has 1 aliphatic heterocycles. The van der Waals surface area contributed by atoms with Crippen molar-refractivity contribution in [2.45, 2.75) is 20.3 Å². The Kier molecular flexibility index (Phi) is 4.76. The number of hydrogen-bond donors (Lipinski definition) is 2. The fourth-order valence-electron chi connectivity index (χ4n) is 2.51. The fraction of sp³-hybridized carbons (Fsp3) is 0.692. The Bertz CT molecular complexity index is 432. The van der Waals surface area contributed by atoms with Crippen LogP contribution in [0.25, 0.3) is 0 Å². The van der Waals surface area contributed by atoms with E-state index in [2.05, 4.69) is 28.4 Å². The lowest BCUT2D eigenvalue weighted by Gasteiger charge is -2.18. The molecule has 3 N–H and O–H groups in total. The monoisotopic (exact) mass is 282 g/mol. The largest absolute Gasteiger partial charge is 0.382 e. The molecule has 19 heavy (non-hydrogen) atoms. The maximum Gasteiger partial charge on any atom is 0.255 e. The van der Waals surface area contributed by atoms with Crippen LogP contribution in [0.4, 0.5) is 5.82 Å². The van der Waals surface area contributed by atoms with Gasteiger partial charge in [0.05, 0.1) is 5.56 Å². The van der Waals surface area contributed by atoms with Gasteiger partial charge in [-0.1, -0.05) is 13.8 Å². The van der Waals surface area contributed by atoms with Gasteiger partial charge in [0.1, 0.15) is 5.82 Å². The van der Waals surface area contributed by atoms with Crippen molar-refractivity contribution in [2.24, 2.45) is 11.8 Å². The van der Waals surface area contributed by atoms with Crippen LogP contribution in [-0.2, 0) is 0 Å². The summed E-state index contributed by atoms with van der Waals surface area (Å²) in [5, 5.41) is 4.66. The molecule has 1 aromatic rings. The maximum absolute atomic E-state index is 11.9. The average Bonchev–Trinajstić information content (AvgIpc) is 2.94. The van der Waals surface area contributed by atoms with Gasteiger partial charge >= 0.3 is 0 Å². The van der Waals surface area contributed by atoms with Gasteiger partial charge in [0.15, 0.2) is 0 Å². The summed E-state index contributed by atoms with van der Waals surface area (Å²) in [5.74, 6) is 1.48. The zero-order valence-electron chi connectivity index (χ0n) is 11.6. The quantitative estimate of drug-likeness (QED) is 0.857. The normalized spacial score (nSPS) is 20.1. The number of amides is 1. The average molecular weight is 282 g/mol. The predicted octanol–water partition coefficient (Wildman–Crippen LogP) is 1.43. The van der Waals surface area contributed by atoms with Crippen molar-refractivity contribution in [1.82, 2.24) is 14.6 Å². The highest BCUT2D eigenvalue weighted by Gasteiger charge is 2.23. The minimum Gasteiger partial charge on any atom is -0.382 e. The highest BCUT2D eigenvalue weighted by molar-refractivity contribution is 7.04. The first kappa shape index (κ1) is 14.3. The summed E-state index contributed by atoms with van der Waals surface area (Å²) in [6, 6.07) is 0. The maximum atomic E-state index is 11.9. The number of nitrogens with one attached hydrogen (secondary N) is 1. The molecule has 1 aliphatic rings. The molecule has 0 saturated carbocycles. The van der Waals surface area contributed by atoms with E-state index >= 15 is 0 Å². The molecule has 1 saturated heterocycles. The molecule has 5 nitrogen and oxygen atoms in total. The summed E-state index contributed by atoms with van der Waals surface area (Å²) in [5.41, 5.74) is 6.13. The molecule has 6 heteroatoms. The molecule has 0 aromatic carbocycles. The van der Waals surface area contributed by atoms with Gasteiger partial charge < -0.3 is 16.0 Å². The predicted molar refractivity (Wildman–Crippen MR) is 78.2 cm³/mol. The summed E-state index contributed by atoms with van der Waals surface area (Å²) in [7, 11) is 0. The molecule has 106 valence electrons.